The van der Waals surface area contributed by atoms with E-state index in [0.29, 0.717) is 0 Å². The van der Waals surface area contributed by atoms with Crippen molar-refractivity contribution in [1.82, 2.24) is 0 Å². The molecule has 0 bridgehead atoms. The minimum atomic E-state index is -4.52. The van der Waals surface area contributed by atoms with E-state index in [4.69, 9.17) is 27.9 Å². The van der Waals surface area contributed by atoms with E-state index < -0.39 is 16.7 Å². The lowest BCUT2D eigenvalue weighted by Gasteiger charge is -2.11. The molecule has 0 N–H and O–H groups in total. The minimum Gasteiger partial charge on any atom is -0.456 e. The van der Waals surface area contributed by atoms with Crippen LogP contribution in [0, 0.1) is 10.1 Å². The van der Waals surface area contributed by atoms with Gasteiger partial charge >= 0.3 is 6.18 Å². The third kappa shape index (κ3) is 3.61. The molecular formula is C13H6Cl2F3NO3. The van der Waals surface area contributed by atoms with Crippen molar-refractivity contribution < 1.29 is 22.8 Å². The zero-order valence-electron chi connectivity index (χ0n) is 10.5. The molecule has 0 atom stereocenters. The number of benzene rings is 2. The summed E-state index contributed by atoms with van der Waals surface area (Å²) in [7, 11) is 0. The van der Waals surface area contributed by atoms with Crippen molar-refractivity contribution in [3.05, 3.63) is 62.1 Å². The monoisotopic (exact) mass is 351 g/mol. The molecule has 116 valence electrons. The van der Waals surface area contributed by atoms with Gasteiger partial charge < -0.3 is 4.74 Å². The average Bonchev–Trinajstić information content (AvgIpc) is 2.39. The highest BCUT2D eigenvalue weighted by molar-refractivity contribution is 6.33. The van der Waals surface area contributed by atoms with Crippen LogP contribution in [0.25, 0.3) is 0 Å². The van der Waals surface area contributed by atoms with Gasteiger partial charge in [0, 0.05) is 12.1 Å². The van der Waals surface area contributed by atoms with Crippen molar-refractivity contribution in [3.8, 4) is 11.5 Å². The lowest BCUT2D eigenvalue weighted by atomic mass is 10.2. The van der Waals surface area contributed by atoms with Gasteiger partial charge in [-0.1, -0.05) is 23.2 Å². The van der Waals surface area contributed by atoms with Crippen LogP contribution in [0.5, 0.6) is 11.5 Å². The average molecular weight is 352 g/mol. The summed E-state index contributed by atoms with van der Waals surface area (Å²) in [6, 6.07) is 6.15. The lowest BCUT2D eigenvalue weighted by molar-refractivity contribution is -0.384. The first kappa shape index (κ1) is 16.4. The minimum absolute atomic E-state index is 0.0282. The Morgan fingerprint density at radius 2 is 1.73 bits per heavy atom. The molecule has 2 rings (SSSR count). The van der Waals surface area contributed by atoms with Gasteiger partial charge in [-0.25, -0.2) is 0 Å². The van der Waals surface area contributed by atoms with Crippen molar-refractivity contribution in [2.45, 2.75) is 6.18 Å². The quantitative estimate of drug-likeness (QED) is 0.525. The Morgan fingerprint density at radius 3 is 2.23 bits per heavy atom. The Hall–Kier alpha value is -1.99. The number of ether oxygens (including phenoxy) is 1. The van der Waals surface area contributed by atoms with Gasteiger partial charge in [-0.3, -0.25) is 10.1 Å². The SMILES string of the molecule is O=[N+]([O-])c1ccc(Oc2ccc(C(F)(F)F)cc2Cl)cc1Cl. The molecule has 0 heterocycles. The molecular weight excluding hydrogens is 346 g/mol. The Labute approximate surface area is 132 Å². The van der Waals surface area contributed by atoms with E-state index in [0.717, 1.165) is 24.3 Å². The van der Waals surface area contributed by atoms with Crippen LogP contribution in [0.1, 0.15) is 5.56 Å². The second-order valence-corrected chi connectivity index (χ2v) is 4.93. The van der Waals surface area contributed by atoms with Gasteiger partial charge in [-0.15, -0.1) is 0 Å². The standard InChI is InChI=1S/C13H6Cl2F3NO3/c14-9-6-8(2-3-11(9)19(20)21)22-12-4-1-7(5-10(12)15)13(16,17)18/h1-6H. The van der Waals surface area contributed by atoms with Crippen LogP contribution in [0.4, 0.5) is 18.9 Å². The number of halogens is 5. The molecule has 2 aromatic carbocycles. The third-order valence-corrected chi connectivity index (χ3v) is 3.20. The van der Waals surface area contributed by atoms with E-state index in [1.54, 1.807) is 0 Å². The molecule has 0 radical (unpaired) electrons. The van der Waals surface area contributed by atoms with E-state index >= 15 is 0 Å². The number of hydrogen-bond acceptors (Lipinski definition) is 3. The van der Waals surface area contributed by atoms with Crippen molar-refractivity contribution in [2.24, 2.45) is 0 Å². The maximum Gasteiger partial charge on any atom is 0.416 e. The van der Waals surface area contributed by atoms with E-state index in [1.165, 1.54) is 12.1 Å². The summed E-state index contributed by atoms with van der Waals surface area (Å²) in [6.45, 7) is 0. The van der Waals surface area contributed by atoms with Crippen LogP contribution in [0.15, 0.2) is 36.4 Å². The number of nitro groups is 1. The molecule has 0 aliphatic heterocycles. The first-order chi connectivity index (χ1) is 10.2. The number of nitrogens with zero attached hydrogens (tertiary/aromatic N) is 1. The maximum atomic E-state index is 12.5. The summed E-state index contributed by atoms with van der Waals surface area (Å²) in [4.78, 5) is 9.96. The number of alkyl halides is 3. The Morgan fingerprint density at radius 1 is 1.05 bits per heavy atom. The zero-order chi connectivity index (χ0) is 16.5. The van der Waals surface area contributed by atoms with Gasteiger partial charge in [-0.05, 0) is 24.3 Å². The molecule has 0 aromatic heterocycles. The summed E-state index contributed by atoms with van der Waals surface area (Å²) < 4.78 is 42.8. The van der Waals surface area contributed by atoms with Gasteiger partial charge in [0.25, 0.3) is 5.69 Å². The topological polar surface area (TPSA) is 52.4 Å². The molecule has 9 heteroatoms. The number of nitro benzene ring substituents is 1. The predicted molar refractivity (Wildman–Crippen MR) is 74.6 cm³/mol. The Balaban J connectivity index is 2.28. The highest BCUT2D eigenvalue weighted by Gasteiger charge is 2.31. The summed E-state index contributed by atoms with van der Waals surface area (Å²) in [5.74, 6) is 0.0804. The van der Waals surface area contributed by atoms with E-state index in [9.17, 15) is 23.3 Å². The maximum absolute atomic E-state index is 12.5. The van der Waals surface area contributed by atoms with Crippen LogP contribution in [-0.4, -0.2) is 4.92 Å². The molecule has 22 heavy (non-hydrogen) atoms. The van der Waals surface area contributed by atoms with Crippen LogP contribution < -0.4 is 4.74 Å². The summed E-state index contributed by atoms with van der Waals surface area (Å²) in [6.07, 6.45) is -4.52. The summed E-state index contributed by atoms with van der Waals surface area (Å²) in [5.41, 5.74) is -1.22. The van der Waals surface area contributed by atoms with Gasteiger partial charge in [0.15, 0.2) is 0 Å². The Bertz CT molecular complexity index is 735. The van der Waals surface area contributed by atoms with Crippen molar-refractivity contribution in [1.29, 1.82) is 0 Å². The first-order valence-electron chi connectivity index (χ1n) is 5.67. The van der Waals surface area contributed by atoms with Crippen LogP contribution in [0.3, 0.4) is 0 Å². The molecule has 0 saturated carbocycles. The first-order valence-corrected chi connectivity index (χ1v) is 6.42. The number of hydrogen-bond donors (Lipinski definition) is 0. The lowest BCUT2D eigenvalue weighted by Crippen LogP contribution is -2.04. The van der Waals surface area contributed by atoms with Gasteiger partial charge in [0.05, 0.1) is 15.5 Å². The van der Waals surface area contributed by atoms with Crippen molar-refractivity contribution in [2.75, 3.05) is 0 Å². The van der Waals surface area contributed by atoms with Crippen LogP contribution in [-0.2, 0) is 6.18 Å². The molecule has 4 nitrogen and oxygen atoms in total. The fraction of sp³-hybridized carbons (Fsp3) is 0.0769. The third-order valence-electron chi connectivity index (χ3n) is 2.60. The van der Waals surface area contributed by atoms with Gasteiger partial charge in [-0.2, -0.15) is 13.2 Å². The molecule has 0 unspecified atom stereocenters. The normalized spacial score (nSPS) is 11.3. The van der Waals surface area contributed by atoms with Gasteiger partial charge in [0.1, 0.15) is 16.5 Å². The van der Waals surface area contributed by atoms with E-state index in [2.05, 4.69) is 0 Å². The van der Waals surface area contributed by atoms with Crippen molar-refractivity contribution >= 4 is 28.9 Å². The molecule has 0 amide bonds. The molecule has 0 aliphatic carbocycles. The fourth-order valence-electron chi connectivity index (χ4n) is 1.59. The second-order valence-electron chi connectivity index (χ2n) is 4.12. The Kier molecular flexibility index (Phi) is 4.48. The van der Waals surface area contributed by atoms with Gasteiger partial charge in [0.2, 0.25) is 0 Å². The second kappa shape index (κ2) is 6.02. The highest BCUT2D eigenvalue weighted by atomic mass is 35.5. The largest absolute Gasteiger partial charge is 0.456 e. The summed E-state index contributed by atoms with van der Waals surface area (Å²) in [5, 5.41) is 10.2. The smallest absolute Gasteiger partial charge is 0.416 e. The predicted octanol–water partition coefficient (Wildman–Crippen LogP) is 5.71. The molecule has 0 saturated heterocycles. The van der Waals surface area contributed by atoms with Crippen molar-refractivity contribution in [3.63, 3.8) is 0 Å². The molecule has 0 spiro atoms. The zero-order valence-corrected chi connectivity index (χ0v) is 12.0. The summed E-state index contributed by atoms with van der Waals surface area (Å²) >= 11 is 11.5. The molecule has 2 aromatic rings. The highest BCUT2D eigenvalue weighted by Crippen LogP contribution is 2.37. The fourth-order valence-corrected chi connectivity index (χ4v) is 2.04. The number of rotatable bonds is 3. The van der Waals surface area contributed by atoms with E-state index in [1.807, 2.05) is 0 Å². The molecule has 0 aliphatic rings. The van der Waals surface area contributed by atoms with Crippen LogP contribution in [0.2, 0.25) is 10.0 Å². The molecule has 0 fully saturated rings. The van der Waals surface area contributed by atoms with E-state index in [-0.39, 0.29) is 27.2 Å². The van der Waals surface area contributed by atoms with Crippen LogP contribution >= 0.6 is 23.2 Å².